The van der Waals surface area contributed by atoms with Gasteiger partial charge in [-0.2, -0.15) is 12.6 Å². The van der Waals surface area contributed by atoms with E-state index in [4.69, 9.17) is 11.6 Å². The number of amides is 1. The maximum Gasteiger partial charge on any atom is 0.228 e. The van der Waals surface area contributed by atoms with Gasteiger partial charge in [0.05, 0.1) is 0 Å². The molecule has 2 heterocycles. The van der Waals surface area contributed by atoms with E-state index in [9.17, 15) is 4.79 Å². The van der Waals surface area contributed by atoms with Crippen molar-refractivity contribution in [2.24, 2.45) is 5.92 Å². The summed E-state index contributed by atoms with van der Waals surface area (Å²) in [7, 11) is 0. The minimum Gasteiger partial charge on any atom is -0.296 e. The molecule has 80 valence electrons. The zero-order valence-electron chi connectivity index (χ0n) is 8.06. The van der Waals surface area contributed by atoms with Gasteiger partial charge >= 0.3 is 0 Å². The molecule has 0 spiro atoms. The summed E-state index contributed by atoms with van der Waals surface area (Å²) in [4.78, 5) is 17.5. The lowest BCUT2D eigenvalue weighted by Crippen LogP contribution is -2.25. The summed E-state index contributed by atoms with van der Waals surface area (Å²) in [5.74, 6) is 1.78. The highest BCUT2D eigenvalue weighted by molar-refractivity contribution is 7.80. The molecule has 5 heteroatoms. The number of halogens is 1. The Labute approximate surface area is 98.8 Å². The van der Waals surface area contributed by atoms with Crippen LogP contribution in [0.3, 0.4) is 0 Å². The molecule has 1 atom stereocenters. The minimum absolute atomic E-state index is 0.101. The fourth-order valence-electron chi connectivity index (χ4n) is 1.67. The summed E-state index contributed by atoms with van der Waals surface area (Å²) in [6, 6.07) is 5.29. The quantitative estimate of drug-likeness (QED) is 0.636. The van der Waals surface area contributed by atoms with E-state index in [1.54, 1.807) is 23.1 Å². The number of aromatic nitrogens is 1. The number of anilines is 1. The molecular weight excluding hydrogens is 232 g/mol. The summed E-state index contributed by atoms with van der Waals surface area (Å²) < 4.78 is 0. The minimum atomic E-state index is 0.101. The van der Waals surface area contributed by atoms with E-state index >= 15 is 0 Å². The number of carbonyl (C=O) groups is 1. The van der Waals surface area contributed by atoms with Crippen LogP contribution in [0.15, 0.2) is 18.2 Å². The smallest absolute Gasteiger partial charge is 0.228 e. The summed E-state index contributed by atoms with van der Waals surface area (Å²) in [6.45, 7) is 0.690. The first-order valence-corrected chi connectivity index (χ1v) is 5.75. The molecule has 0 N–H and O–H groups in total. The van der Waals surface area contributed by atoms with Gasteiger partial charge < -0.3 is 0 Å². The molecular formula is C10H11ClN2OS. The molecule has 1 fully saturated rings. The van der Waals surface area contributed by atoms with Crippen LogP contribution < -0.4 is 4.90 Å². The van der Waals surface area contributed by atoms with Gasteiger partial charge in [-0.3, -0.25) is 9.69 Å². The van der Waals surface area contributed by atoms with Crippen LogP contribution in [0.1, 0.15) is 6.42 Å². The van der Waals surface area contributed by atoms with Crippen LogP contribution in [0.5, 0.6) is 0 Å². The highest BCUT2D eigenvalue weighted by Gasteiger charge is 2.30. The SMILES string of the molecule is O=C1CC(CS)CN1c1cccc(Cl)n1. The Balaban J connectivity index is 2.21. The number of thiol groups is 1. The first kappa shape index (κ1) is 10.8. The van der Waals surface area contributed by atoms with Gasteiger partial charge in [0.1, 0.15) is 11.0 Å². The highest BCUT2D eigenvalue weighted by atomic mass is 35.5. The maximum absolute atomic E-state index is 11.7. The number of nitrogens with zero attached hydrogens (tertiary/aromatic N) is 2. The Morgan fingerprint density at radius 3 is 3.00 bits per heavy atom. The number of pyridine rings is 1. The Bertz CT molecular complexity index is 385. The van der Waals surface area contributed by atoms with E-state index in [-0.39, 0.29) is 5.91 Å². The lowest BCUT2D eigenvalue weighted by Gasteiger charge is -2.14. The van der Waals surface area contributed by atoms with Gasteiger partial charge in [-0.05, 0) is 23.8 Å². The second kappa shape index (κ2) is 4.41. The van der Waals surface area contributed by atoms with Gasteiger partial charge in [0, 0.05) is 13.0 Å². The van der Waals surface area contributed by atoms with Crippen LogP contribution in [-0.4, -0.2) is 23.2 Å². The Morgan fingerprint density at radius 1 is 1.60 bits per heavy atom. The highest BCUT2D eigenvalue weighted by Crippen LogP contribution is 2.24. The van der Waals surface area contributed by atoms with Gasteiger partial charge in [0.15, 0.2) is 0 Å². The number of hydrogen-bond donors (Lipinski definition) is 1. The van der Waals surface area contributed by atoms with Crippen LogP contribution in [-0.2, 0) is 4.79 Å². The summed E-state index contributed by atoms with van der Waals surface area (Å²) in [5, 5.41) is 0.412. The largest absolute Gasteiger partial charge is 0.296 e. The zero-order chi connectivity index (χ0) is 10.8. The maximum atomic E-state index is 11.7. The fraction of sp³-hybridized carbons (Fsp3) is 0.400. The molecule has 1 unspecified atom stereocenters. The average molecular weight is 243 g/mol. The summed E-state index contributed by atoms with van der Waals surface area (Å²) in [5.41, 5.74) is 0. The van der Waals surface area contributed by atoms with Crippen molar-refractivity contribution in [3.8, 4) is 0 Å². The molecule has 1 aliphatic rings. The van der Waals surface area contributed by atoms with Crippen LogP contribution in [0.25, 0.3) is 0 Å². The monoisotopic (exact) mass is 242 g/mol. The molecule has 0 radical (unpaired) electrons. The van der Waals surface area contributed by atoms with Crippen molar-refractivity contribution in [2.75, 3.05) is 17.2 Å². The Kier molecular flexibility index (Phi) is 3.17. The van der Waals surface area contributed by atoms with Crippen molar-refractivity contribution in [1.29, 1.82) is 0 Å². The molecule has 0 aliphatic carbocycles. The Morgan fingerprint density at radius 2 is 2.40 bits per heavy atom. The van der Waals surface area contributed by atoms with Crippen molar-refractivity contribution in [1.82, 2.24) is 4.98 Å². The van der Waals surface area contributed by atoms with Crippen molar-refractivity contribution in [2.45, 2.75) is 6.42 Å². The summed E-state index contributed by atoms with van der Waals surface area (Å²) in [6.07, 6.45) is 0.553. The lowest BCUT2D eigenvalue weighted by atomic mass is 10.1. The molecule has 2 rings (SSSR count). The second-order valence-electron chi connectivity index (χ2n) is 3.58. The van der Waals surface area contributed by atoms with Gasteiger partial charge in [-0.15, -0.1) is 0 Å². The topological polar surface area (TPSA) is 33.2 Å². The van der Waals surface area contributed by atoms with E-state index in [0.29, 0.717) is 29.9 Å². The van der Waals surface area contributed by atoms with Crippen LogP contribution >= 0.6 is 24.2 Å². The first-order valence-electron chi connectivity index (χ1n) is 4.74. The molecule has 1 aliphatic heterocycles. The average Bonchev–Trinajstić information content (AvgIpc) is 2.60. The van der Waals surface area contributed by atoms with Gasteiger partial charge in [-0.25, -0.2) is 4.98 Å². The number of hydrogen-bond acceptors (Lipinski definition) is 3. The normalized spacial score (nSPS) is 21.1. The molecule has 1 aromatic rings. The van der Waals surface area contributed by atoms with Gasteiger partial charge in [0.25, 0.3) is 0 Å². The van der Waals surface area contributed by atoms with E-state index in [2.05, 4.69) is 17.6 Å². The number of carbonyl (C=O) groups excluding carboxylic acids is 1. The predicted octanol–water partition coefficient (Wildman–Crippen LogP) is 2.02. The Hall–Kier alpha value is -0.740. The standard InChI is InChI=1S/C10H11ClN2OS/c11-8-2-1-3-9(12-8)13-5-7(6-15)4-10(13)14/h1-3,7,15H,4-6H2. The van der Waals surface area contributed by atoms with E-state index in [1.165, 1.54) is 0 Å². The summed E-state index contributed by atoms with van der Waals surface area (Å²) >= 11 is 9.98. The molecule has 1 saturated heterocycles. The molecule has 0 saturated carbocycles. The molecule has 0 bridgehead atoms. The van der Waals surface area contributed by atoms with Crippen molar-refractivity contribution in [3.63, 3.8) is 0 Å². The number of rotatable bonds is 2. The predicted molar refractivity (Wildman–Crippen MR) is 63.6 cm³/mol. The fourth-order valence-corrected chi connectivity index (χ4v) is 2.08. The van der Waals surface area contributed by atoms with Crippen LogP contribution in [0.4, 0.5) is 5.82 Å². The molecule has 15 heavy (non-hydrogen) atoms. The molecule has 0 aromatic carbocycles. The van der Waals surface area contributed by atoms with Crippen molar-refractivity contribution in [3.05, 3.63) is 23.4 Å². The van der Waals surface area contributed by atoms with Crippen molar-refractivity contribution >= 4 is 36.0 Å². The van der Waals surface area contributed by atoms with E-state index < -0.39 is 0 Å². The van der Waals surface area contributed by atoms with Crippen molar-refractivity contribution < 1.29 is 4.79 Å². The van der Waals surface area contributed by atoms with Gasteiger partial charge in [-0.1, -0.05) is 17.7 Å². The third-order valence-electron chi connectivity index (χ3n) is 2.44. The third kappa shape index (κ3) is 2.26. The lowest BCUT2D eigenvalue weighted by molar-refractivity contribution is -0.117. The van der Waals surface area contributed by atoms with Crippen LogP contribution in [0, 0.1) is 5.92 Å². The third-order valence-corrected chi connectivity index (χ3v) is 3.17. The first-order chi connectivity index (χ1) is 7.20. The second-order valence-corrected chi connectivity index (χ2v) is 4.33. The van der Waals surface area contributed by atoms with E-state index in [1.807, 2.05) is 0 Å². The molecule has 3 nitrogen and oxygen atoms in total. The van der Waals surface area contributed by atoms with Crippen LogP contribution in [0.2, 0.25) is 5.15 Å². The zero-order valence-corrected chi connectivity index (χ0v) is 9.71. The van der Waals surface area contributed by atoms with Gasteiger partial charge in [0.2, 0.25) is 5.91 Å². The molecule has 1 amide bonds. The van der Waals surface area contributed by atoms with E-state index in [0.717, 1.165) is 5.75 Å². The molecule has 1 aromatic heterocycles.